The molecule has 1 aromatic heterocycles. The van der Waals surface area contributed by atoms with Crippen molar-refractivity contribution in [3.8, 4) is 5.69 Å². The molecule has 1 N–H and O–H groups in total. The van der Waals surface area contributed by atoms with Gasteiger partial charge in [-0.2, -0.15) is 5.10 Å². The van der Waals surface area contributed by atoms with Gasteiger partial charge in [0, 0.05) is 24.3 Å². The van der Waals surface area contributed by atoms with Crippen molar-refractivity contribution in [2.75, 3.05) is 26.2 Å². The monoisotopic (exact) mass is 358 g/mol. The fourth-order valence-electron chi connectivity index (χ4n) is 3.53. The number of nitrogens with zero attached hydrogens (tertiary/aromatic N) is 3. The number of nitrogens with one attached hydrogen (secondary N) is 1. The fraction of sp³-hybridized carbons (Fsp3) is 0.500. The lowest BCUT2D eigenvalue weighted by Crippen LogP contribution is -2.35. The first-order valence-corrected chi connectivity index (χ1v) is 9.51. The summed E-state index contributed by atoms with van der Waals surface area (Å²) >= 11 is 0. The smallest absolute Gasteiger partial charge is 0.272 e. The Labute approximate surface area is 154 Å². The Hall–Kier alpha value is -2.21. The number of fused-ring (bicyclic) bond motifs is 1. The first kappa shape index (κ1) is 18.6. The van der Waals surface area contributed by atoms with Crippen LogP contribution in [-0.4, -0.2) is 46.8 Å². The van der Waals surface area contributed by atoms with Crippen LogP contribution in [0.1, 0.15) is 48.4 Å². The Morgan fingerprint density at radius 1 is 1.19 bits per heavy atom. The summed E-state index contributed by atoms with van der Waals surface area (Å²) in [6, 6.07) is 6.27. The molecule has 0 radical (unpaired) electrons. The highest BCUT2D eigenvalue weighted by Crippen LogP contribution is 2.27. The molecule has 2 aromatic rings. The van der Waals surface area contributed by atoms with E-state index < -0.39 is 0 Å². The SMILES string of the molecule is CCN(CC)CCNC(=O)c1nn(-c2ccc(F)cc2)c2c1CCCC2. The van der Waals surface area contributed by atoms with Gasteiger partial charge in [0.1, 0.15) is 5.82 Å². The lowest BCUT2D eigenvalue weighted by atomic mass is 9.95. The molecular weight excluding hydrogens is 331 g/mol. The minimum atomic E-state index is -0.274. The summed E-state index contributed by atoms with van der Waals surface area (Å²) in [6.07, 6.45) is 3.92. The Balaban J connectivity index is 1.81. The minimum Gasteiger partial charge on any atom is -0.349 e. The Bertz CT molecular complexity index is 750. The van der Waals surface area contributed by atoms with Crippen LogP contribution in [0.4, 0.5) is 4.39 Å². The average molecular weight is 358 g/mol. The topological polar surface area (TPSA) is 50.2 Å². The number of amides is 1. The van der Waals surface area contributed by atoms with E-state index in [1.165, 1.54) is 12.1 Å². The standard InChI is InChI=1S/C20H27FN4O/c1-3-24(4-2)14-13-22-20(26)19-17-7-5-6-8-18(17)25(23-19)16-11-9-15(21)10-12-16/h9-12H,3-8,13-14H2,1-2H3,(H,22,26). The molecule has 1 aromatic carbocycles. The predicted molar refractivity (Wildman–Crippen MR) is 100 cm³/mol. The quantitative estimate of drug-likeness (QED) is 0.828. The van der Waals surface area contributed by atoms with Gasteiger partial charge in [0.25, 0.3) is 5.91 Å². The molecule has 6 heteroatoms. The van der Waals surface area contributed by atoms with E-state index in [-0.39, 0.29) is 11.7 Å². The lowest BCUT2D eigenvalue weighted by molar-refractivity contribution is 0.0942. The molecule has 0 unspecified atom stereocenters. The molecule has 1 heterocycles. The molecule has 0 aliphatic heterocycles. The normalized spacial score (nSPS) is 13.7. The molecule has 1 amide bonds. The van der Waals surface area contributed by atoms with Crippen LogP contribution in [0.2, 0.25) is 0 Å². The molecule has 0 atom stereocenters. The number of carbonyl (C=O) groups is 1. The van der Waals surface area contributed by atoms with Crippen LogP contribution < -0.4 is 5.32 Å². The van der Waals surface area contributed by atoms with Crippen molar-refractivity contribution in [2.24, 2.45) is 0 Å². The van der Waals surface area contributed by atoms with Crippen LogP contribution in [0.3, 0.4) is 0 Å². The van der Waals surface area contributed by atoms with Gasteiger partial charge in [0.2, 0.25) is 0 Å². The third-order valence-electron chi connectivity index (χ3n) is 5.07. The summed E-state index contributed by atoms with van der Waals surface area (Å²) < 4.78 is 15.1. The molecule has 0 spiro atoms. The zero-order chi connectivity index (χ0) is 18.5. The molecule has 26 heavy (non-hydrogen) atoms. The summed E-state index contributed by atoms with van der Waals surface area (Å²) in [5.74, 6) is -0.389. The molecule has 0 saturated carbocycles. The highest BCUT2D eigenvalue weighted by Gasteiger charge is 2.25. The largest absolute Gasteiger partial charge is 0.349 e. The van der Waals surface area contributed by atoms with Gasteiger partial charge >= 0.3 is 0 Å². The first-order valence-electron chi connectivity index (χ1n) is 9.51. The third-order valence-corrected chi connectivity index (χ3v) is 5.07. The summed E-state index contributed by atoms with van der Waals surface area (Å²) in [5, 5.41) is 7.60. The van der Waals surface area contributed by atoms with Crippen molar-refractivity contribution in [1.29, 1.82) is 0 Å². The van der Waals surface area contributed by atoms with E-state index in [0.717, 1.165) is 62.3 Å². The first-order chi connectivity index (χ1) is 12.6. The van der Waals surface area contributed by atoms with Crippen molar-refractivity contribution < 1.29 is 9.18 Å². The van der Waals surface area contributed by atoms with Crippen molar-refractivity contribution >= 4 is 5.91 Å². The highest BCUT2D eigenvalue weighted by molar-refractivity contribution is 5.94. The van der Waals surface area contributed by atoms with Crippen molar-refractivity contribution in [1.82, 2.24) is 20.0 Å². The Morgan fingerprint density at radius 2 is 1.88 bits per heavy atom. The number of benzene rings is 1. The second-order valence-electron chi connectivity index (χ2n) is 6.65. The average Bonchev–Trinajstić information content (AvgIpc) is 3.05. The van der Waals surface area contributed by atoms with Gasteiger partial charge in [-0.05, 0) is 63.0 Å². The molecule has 0 saturated heterocycles. The maximum Gasteiger partial charge on any atom is 0.272 e. The molecular formula is C20H27FN4O. The zero-order valence-electron chi connectivity index (χ0n) is 15.6. The molecule has 140 valence electrons. The fourth-order valence-corrected chi connectivity index (χ4v) is 3.53. The summed E-state index contributed by atoms with van der Waals surface area (Å²) in [5.41, 5.74) is 3.44. The van der Waals surface area contributed by atoms with Crippen LogP contribution in [-0.2, 0) is 12.8 Å². The Morgan fingerprint density at radius 3 is 2.58 bits per heavy atom. The van der Waals surface area contributed by atoms with Gasteiger partial charge in [-0.3, -0.25) is 4.79 Å². The number of hydrogen-bond donors (Lipinski definition) is 1. The van der Waals surface area contributed by atoms with E-state index in [9.17, 15) is 9.18 Å². The number of carbonyl (C=O) groups excluding carboxylic acids is 1. The highest BCUT2D eigenvalue weighted by atomic mass is 19.1. The van der Waals surface area contributed by atoms with Crippen LogP contribution in [0.15, 0.2) is 24.3 Å². The maximum absolute atomic E-state index is 13.2. The van der Waals surface area contributed by atoms with Crippen molar-refractivity contribution in [3.63, 3.8) is 0 Å². The second-order valence-corrected chi connectivity index (χ2v) is 6.65. The van der Waals surface area contributed by atoms with Crippen LogP contribution in [0.25, 0.3) is 5.69 Å². The van der Waals surface area contributed by atoms with E-state index in [0.29, 0.717) is 12.2 Å². The molecule has 3 rings (SSSR count). The third kappa shape index (κ3) is 3.96. The van der Waals surface area contributed by atoms with Gasteiger partial charge in [-0.25, -0.2) is 9.07 Å². The van der Waals surface area contributed by atoms with E-state index >= 15 is 0 Å². The van der Waals surface area contributed by atoms with Crippen LogP contribution >= 0.6 is 0 Å². The maximum atomic E-state index is 13.2. The van der Waals surface area contributed by atoms with E-state index in [1.807, 2.05) is 4.68 Å². The van der Waals surface area contributed by atoms with E-state index in [1.54, 1.807) is 12.1 Å². The molecule has 5 nitrogen and oxygen atoms in total. The second kappa shape index (κ2) is 8.45. The van der Waals surface area contributed by atoms with Crippen molar-refractivity contribution in [3.05, 3.63) is 47.0 Å². The van der Waals surface area contributed by atoms with Gasteiger partial charge < -0.3 is 10.2 Å². The van der Waals surface area contributed by atoms with E-state index in [4.69, 9.17) is 0 Å². The molecule has 0 fully saturated rings. The lowest BCUT2D eigenvalue weighted by Gasteiger charge is -2.18. The van der Waals surface area contributed by atoms with Gasteiger partial charge in [-0.1, -0.05) is 13.8 Å². The summed E-state index contributed by atoms with van der Waals surface area (Å²) in [6.45, 7) is 7.62. The molecule has 1 aliphatic carbocycles. The van der Waals surface area contributed by atoms with E-state index in [2.05, 4.69) is 29.2 Å². The number of aromatic nitrogens is 2. The summed E-state index contributed by atoms with van der Waals surface area (Å²) in [4.78, 5) is 15.0. The number of rotatable bonds is 7. The molecule has 0 bridgehead atoms. The minimum absolute atomic E-state index is 0.115. The van der Waals surface area contributed by atoms with Gasteiger partial charge in [0.05, 0.1) is 5.69 Å². The zero-order valence-corrected chi connectivity index (χ0v) is 15.6. The summed E-state index contributed by atoms with van der Waals surface area (Å²) in [7, 11) is 0. The predicted octanol–water partition coefficient (Wildman–Crippen LogP) is 2.96. The Kier molecular flexibility index (Phi) is 6.04. The van der Waals surface area contributed by atoms with Crippen molar-refractivity contribution in [2.45, 2.75) is 39.5 Å². The number of halogens is 1. The van der Waals surface area contributed by atoms with Crippen LogP contribution in [0, 0.1) is 5.82 Å². The molecule has 1 aliphatic rings. The van der Waals surface area contributed by atoms with Gasteiger partial charge in [0.15, 0.2) is 5.69 Å². The number of likely N-dealkylation sites (N-methyl/N-ethyl adjacent to an activating group) is 1. The number of hydrogen-bond acceptors (Lipinski definition) is 3. The van der Waals surface area contributed by atoms with Crippen LogP contribution in [0.5, 0.6) is 0 Å². The van der Waals surface area contributed by atoms with Gasteiger partial charge in [-0.15, -0.1) is 0 Å².